The molecule has 1 aliphatic heterocycles. The summed E-state index contributed by atoms with van der Waals surface area (Å²) in [6, 6.07) is 11.6. The average Bonchev–Trinajstić information content (AvgIpc) is 3.72. The summed E-state index contributed by atoms with van der Waals surface area (Å²) in [6.07, 6.45) is 4.05. The number of carbonyl (C=O) groups excluding carboxylic acids is 1. The van der Waals surface area contributed by atoms with Gasteiger partial charge in [0.05, 0.1) is 19.5 Å². The number of nitrogens with zero attached hydrogens (tertiary/aromatic N) is 4. The van der Waals surface area contributed by atoms with E-state index in [0.29, 0.717) is 22.5 Å². The molecule has 1 saturated heterocycles. The van der Waals surface area contributed by atoms with Gasteiger partial charge in [0.1, 0.15) is 29.8 Å². The molecule has 1 saturated carbocycles. The molecule has 6 atom stereocenters. The Balaban J connectivity index is 1.26. The summed E-state index contributed by atoms with van der Waals surface area (Å²) < 4.78 is 55.5. The first-order valence-electron chi connectivity index (χ1n) is 16.0. The van der Waals surface area contributed by atoms with Gasteiger partial charge in [0.25, 0.3) is 0 Å². The molecule has 0 spiro atoms. The SMILES string of the molecule is C#C[C@@]1(F)[C@H](O)[C@@H](CO[P@@](=O)(N[C@H](C)C(=O)OCC(C)(C)C)Oc2cccc3ccccc23)O[C@H]1n1cnc2c(NC3CC3)nc(C)nc21. The minimum absolute atomic E-state index is 0.118. The highest BCUT2D eigenvalue weighted by molar-refractivity contribution is 7.52. The van der Waals surface area contributed by atoms with Crippen LogP contribution in [0.2, 0.25) is 0 Å². The Kier molecular flexibility index (Phi) is 9.43. The van der Waals surface area contributed by atoms with E-state index in [0.717, 1.165) is 18.2 Å². The lowest BCUT2D eigenvalue weighted by Gasteiger charge is -2.26. The number of ether oxygens (including phenoxy) is 2. The van der Waals surface area contributed by atoms with Crippen molar-refractivity contribution in [1.82, 2.24) is 24.6 Å². The van der Waals surface area contributed by atoms with Crippen molar-refractivity contribution in [3.8, 4) is 18.1 Å². The average molecular weight is 695 g/mol. The number of benzene rings is 2. The number of terminal acetylenes is 1. The first kappa shape index (κ1) is 34.7. The van der Waals surface area contributed by atoms with Gasteiger partial charge in [-0.2, -0.15) is 5.09 Å². The number of alkyl halides is 1. The molecule has 3 N–H and O–H groups in total. The summed E-state index contributed by atoms with van der Waals surface area (Å²) in [4.78, 5) is 26.2. The Labute approximate surface area is 283 Å². The molecule has 15 heteroatoms. The van der Waals surface area contributed by atoms with Gasteiger partial charge < -0.3 is 24.4 Å². The molecular formula is C34H40FN6O7P. The minimum atomic E-state index is -4.45. The van der Waals surface area contributed by atoms with Crippen LogP contribution in [0.5, 0.6) is 5.75 Å². The third-order valence-corrected chi connectivity index (χ3v) is 9.73. The van der Waals surface area contributed by atoms with Crippen molar-refractivity contribution in [3.63, 3.8) is 0 Å². The lowest BCUT2D eigenvalue weighted by Crippen LogP contribution is -2.42. The predicted molar refractivity (Wildman–Crippen MR) is 180 cm³/mol. The Morgan fingerprint density at radius 2 is 1.98 bits per heavy atom. The predicted octanol–water partition coefficient (Wildman–Crippen LogP) is 5.23. The van der Waals surface area contributed by atoms with Crippen LogP contribution in [0.1, 0.15) is 52.6 Å². The quantitative estimate of drug-likeness (QED) is 0.101. The van der Waals surface area contributed by atoms with E-state index in [9.17, 15) is 14.5 Å². The van der Waals surface area contributed by atoms with Crippen LogP contribution in [0, 0.1) is 24.7 Å². The van der Waals surface area contributed by atoms with Gasteiger partial charge in [-0.25, -0.2) is 23.9 Å². The molecular weight excluding hydrogens is 654 g/mol. The van der Waals surface area contributed by atoms with Crippen molar-refractivity contribution in [1.29, 1.82) is 0 Å². The first-order chi connectivity index (χ1) is 23.2. The number of imidazole rings is 1. The molecule has 6 rings (SSSR count). The van der Waals surface area contributed by atoms with E-state index < -0.39 is 50.5 Å². The molecule has 2 aromatic heterocycles. The van der Waals surface area contributed by atoms with E-state index in [1.807, 2.05) is 44.9 Å². The molecule has 2 aliphatic rings. The number of nitrogens with one attached hydrogen (secondary N) is 2. The highest BCUT2D eigenvalue weighted by atomic mass is 31.2. The lowest BCUT2D eigenvalue weighted by molar-refractivity contribution is -0.148. The number of aryl methyl sites for hydroxylation is 1. The number of halogens is 1. The molecule has 260 valence electrons. The lowest BCUT2D eigenvalue weighted by atomic mass is 9.97. The fourth-order valence-corrected chi connectivity index (χ4v) is 6.92. The number of hydrogen-bond donors (Lipinski definition) is 3. The summed E-state index contributed by atoms with van der Waals surface area (Å²) in [6.45, 7) is 8.34. The van der Waals surface area contributed by atoms with Gasteiger partial charge in [-0.3, -0.25) is 13.9 Å². The summed E-state index contributed by atoms with van der Waals surface area (Å²) in [5, 5.41) is 18.6. The van der Waals surface area contributed by atoms with Crippen LogP contribution in [-0.2, 0) is 23.4 Å². The van der Waals surface area contributed by atoms with E-state index in [1.54, 1.807) is 31.2 Å². The highest BCUT2D eigenvalue weighted by Gasteiger charge is 2.58. The van der Waals surface area contributed by atoms with Crippen LogP contribution >= 0.6 is 7.75 Å². The van der Waals surface area contributed by atoms with Crippen molar-refractivity contribution in [2.45, 2.75) is 83.6 Å². The molecule has 13 nitrogen and oxygen atoms in total. The zero-order valence-corrected chi connectivity index (χ0v) is 28.8. The summed E-state index contributed by atoms with van der Waals surface area (Å²) >= 11 is 0. The van der Waals surface area contributed by atoms with E-state index in [1.165, 1.54) is 17.8 Å². The van der Waals surface area contributed by atoms with Gasteiger partial charge in [-0.05, 0) is 43.6 Å². The number of fused-ring (bicyclic) bond motifs is 2. The van der Waals surface area contributed by atoms with Gasteiger partial charge in [0.15, 0.2) is 23.2 Å². The van der Waals surface area contributed by atoms with Crippen molar-refractivity contribution in [2.24, 2.45) is 5.41 Å². The van der Waals surface area contributed by atoms with Gasteiger partial charge in [-0.1, -0.05) is 63.1 Å². The molecule has 49 heavy (non-hydrogen) atoms. The third kappa shape index (κ3) is 7.41. The van der Waals surface area contributed by atoms with Crippen LogP contribution in [0.4, 0.5) is 10.2 Å². The maximum atomic E-state index is 16.5. The zero-order chi connectivity index (χ0) is 35.1. The highest BCUT2D eigenvalue weighted by Crippen LogP contribution is 2.49. The number of hydrogen-bond acceptors (Lipinski definition) is 11. The largest absolute Gasteiger partial charge is 0.464 e. The van der Waals surface area contributed by atoms with Crippen molar-refractivity contribution in [3.05, 3.63) is 54.6 Å². The molecule has 0 radical (unpaired) electrons. The van der Waals surface area contributed by atoms with Crippen molar-refractivity contribution >= 4 is 41.5 Å². The van der Waals surface area contributed by atoms with E-state index in [2.05, 4.69) is 25.4 Å². The van der Waals surface area contributed by atoms with Gasteiger partial charge in [-0.15, -0.1) is 6.42 Å². The normalized spacial score (nSPS) is 24.3. The standard InChI is InChI=1S/C34H40FN6O7P/c1-7-34(35)28(42)26(47-32(34)41-19-36-27-29(39-23-15-16-23)37-21(3)38-30(27)41)17-46-49(44,40-20(2)31(43)45-18-33(4,5)6)48-25-14-10-12-22-11-8-9-13-24(22)25/h1,8-14,19-20,23,26,28,32,42H,15-18H2,2-6H3,(H,40,44)(H,37,38,39)/t20-,26-,28-,32-,34-,49+/m1/s1. The summed E-state index contributed by atoms with van der Waals surface area (Å²) in [7, 11) is -4.45. The Morgan fingerprint density at radius 1 is 1.24 bits per heavy atom. The molecule has 4 aromatic rings. The van der Waals surface area contributed by atoms with Crippen LogP contribution < -0.4 is 14.9 Å². The maximum Gasteiger partial charge on any atom is 0.459 e. The smallest absolute Gasteiger partial charge is 0.459 e. The number of esters is 1. The minimum Gasteiger partial charge on any atom is -0.464 e. The summed E-state index contributed by atoms with van der Waals surface area (Å²) in [5.74, 6) is 2.47. The van der Waals surface area contributed by atoms with Crippen LogP contribution in [0.15, 0.2) is 48.8 Å². The van der Waals surface area contributed by atoms with E-state index in [-0.39, 0.29) is 29.5 Å². The molecule has 1 aliphatic carbocycles. The first-order valence-corrected chi connectivity index (χ1v) is 17.6. The number of aliphatic hydroxyl groups excluding tert-OH is 1. The fourth-order valence-electron chi connectivity index (χ4n) is 5.40. The van der Waals surface area contributed by atoms with Crippen LogP contribution in [0.3, 0.4) is 0 Å². The van der Waals surface area contributed by atoms with E-state index in [4.69, 9.17) is 24.9 Å². The summed E-state index contributed by atoms with van der Waals surface area (Å²) in [5.41, 5.74) is -2.43. The second kappa shape index (κ2) is 13.3. The second-order valence-electron chi connectivity index (χ2n) is 13.6. The maximum absolute atomic E-state index is 16.5. The monoisotopic (exact) mass is 694 g/mol. The molecule has 2 fully saturated rings. The number of anilines is 1. The topological polar surface area (TPSA) is 159 Å². The number of aliphatic hydroxyl groups is 1. The third-order valence-electron chi connectivity index (χ3n) is 8.10. The fraction of sp³-hybridized carbons (Fsp3) is 0.471. The van der Waals surface area contributed by atoms with Crippen molar-refractivity contribution < 1.29 is 37.4 Å². The van der Waals surface area contributed by atoms with Gasteiger partial charge in [0.2, 0.25) is 5.67 Å². The second-order valence-corrected chi connectivity index (χ2v) is 15.3. The van der Waals surface area contributed by atoms with Gasteiger partial charge in [0, 0.05) is 11.4 Å². The van der Waals surface area contributed by atoms with Crippen molar-refractivity contribution in [2.75, 3.05) is 18.5 Å². The number of aromatic nitrogens is 4. The Morgan fingerprint density at radius 3 is 2.69 bits per heavy atom. The Bertz CT molecular complexity index is 1950. The number of rotatable bonds is 12. The molecule has 3 heterocycles. The van der Waals surface area contributed by atoms with Crippen LogP contribution in [-0.4, -0.2) is 73.8 Å². The zero-order valence-electron chi connectivity index (χ0n) is 27.9. The molecule has 0 unspecified atom stereocenters. The molecule has 0 bridgehead atoms. The molecule has 0 amide bonds. The van der Waals surface area contributed by atoms with Gasteiger partial charge >= 0.3 is 13.7 Å². The number of carbonyl (C=O) groups is 1. The van der Waals surface area contributed by atoms with Crippen LogP contribution in [0.25, 0.3) is 21.9 Å². The van der Waals surface area contributed by atoms with E-state index >= 15 is 4.39 Å². The molecule has 2 aromatic carbocycles. The Hall–Kier alpha value is -4.12.